The van der Waals surface area contributed by atoms with Gasteiger partial charge in [-0.25, -0.2) is 8.78 Å². The second kappa shape index (κ2) is 6.73. The summed E-state index contributed by atoms with van der Waals surface area (Å²) in [6.45, 7) is 1.21. The van der Waals surface area contributed by atoms with Crippen LogP contribution in [0.15, 0.2) is 48.5 Å². The molecule has 2 aromatic carbocycles. The zero-order valence-electron chi connectivity index (χ0n) is 10.4. The highest BCUT2D eigenvalue weighted by atomic mass is 19.2. The maximum absolute atomic E-state index is 12.9. The van der Waals surface area contributed by atoms with Crippen LogP contribution in [0.4, 0.5) is 14.5 Å². The van der Waals surface area contributed by atoms with Gasteiger partial charge in [-0.05, 0) is 36.8 Å². The Morgan fingerprint density at radius 2 is 1.74 bits per heavy atom. The van der Waals surface area contributed by atoms with Crippen molar-refractivity contribution in [2.24, 2.45) is 0 Å². The van der Waals surface area contributed by atoms with Gasteiger partial charge in [0.15, 0.2) is 11.6 Å². The van der Waals surface area contributed by atoms with Crippen molar-refractivity contribution >= 4 is 5.69 Å². The Balaban J connectivity index is 1.68. The van der Waals surface area contributed by atoms with Crippen LogP contribution in [0.5, 0.6) is 5.75 Å². The summed E-state index contributed by atoms with van der Waals surface area (Å²) in [7, 11) is 0. The molecule has 0 atom stereocenters. The van der Waals surface area contributed by atoms with Gasteiger partial charge in [0.1, 0.15) is 5.75 Å². The van der Waals surface area contributed by atoms with Crippen molar-refractivity contribution in [3.8, 4) is 5.75 Å². The molecule has 0 bridgehead atoms. The third-order valence-electron chi connectivity index (χ3n) is 2.58. The summed E-state index contributed by atoms with van der Waals surface area (Å²) in [6, 6.07) is 13.3. The van der Waals surface area contributed by atoms with Crippen molar-refractivity contribution in [2.75, 3.05) is 18.5 Å². The summed E-state index contributed by atoms with van der Waals surface area (Å²) < 4.78 is 31.2. The fraction of sp³-hybridized carbons (Fsp3) is 0.200. The van der Waals surface area contributed by atoms with E-state index in [0.717, 1.165) is 24.3 Å². The van der Waals surface area contributed by atoms with E-state index in [1.807, 2.05) is 30.3 Å². The minimum absolute atomic E-state index is 0.568. The summed E-state index contributed by atoms with van der Waals surface area (Å²) in [5, 5.41) is 3.01. The van der Waals surface area contributed by atoms with Crippen molar-refractivity contribution < 1.29 is 13.5 Å². The van der Waals surface area contributed by atoms with Gasteiger partial charge < -0.3 is 10.1 Å². The van der Waals surface area contributed by atoms with E-state index in [1.165, 1.54) is 6.07 Å². The first-order valence-corrected chi connectivity index (χ1v) is 6.12. The molecular formula is C15H15F2NO. The predicted octanol–water partition coefficient (Wildman–Crippen LogP) is 3.85. The average molecular weight is 263 g/mol. The molecule has 0 radical (unpaired) electrons. The molecule has 0 spiro atoms. The fourth-order valence-corrected chi connectivity index (χ4v) is 1.62. The van der Waals surface area contributed by atoms with Gasteiger partial charge in [0.2, 0.25) is 0 Å². The molecule has 2 nitrogen and oxygen atoms in total. The Morgan fingerprint density at radius 3 is 2.47 bits per heavy atom. The van der Waals surface area contributed by atoms with Gasteiger partial charge in [-0.1, -0.05) is 18.2 Å². The number of rotatable bonds is 6. The zero-order chi connectivity index (χ0) is 13.5. The highest BCUT2D eigenvalue weighted by molar-refractivity contribution is 5.43. The molecule has 0 saturated heterocycles. The first-order valence-electron chi connectivity index (χ1n) is 6.12. The largest absolute Gasteiger partial charge is 0.494 e. The summed E-state index contributed by atoms with van der Waals surface area (Å²) >= 11 is 0. The van der Waals surface area contributed by atoms with Crippen LogP contribution in [-0.2, 0) is 0 Å². The monoisotopic (exact) mass is 263 g/mol. The summed E-state index contributed by atoms with van der Waals surface area (Å²) in [4.78, 5) is 0. The van der Waals surface area contributed by atoms with E-state index >= 15 is 0 Å². The quantitative estimate of drug-likeness (QED) is 0.799. The third kappa shape index (κ3) is 4.25. The topological polar surface area (TPSA) is 21.3 Å². The lowest BCUT2D eigenvalue weighted by molar-refractivity contribution is 0.315. The van der Waals surface area contributed by atoms with Crippen molar-refractivity contribution in [1.82, 2.24) is 0 Å². The number of para-hydroxylation sites is 1. The molecule has 1 N–H and O–H groups in total. The standard InChI is InChI=1S/C15H15F2NO/c16-14-8-7-12(11-15(14)17)18-9-4-10-19-13-5-2-1-3-6-13/h1-3,5-8,11,18H,4,9-10H2. The minimum atomic E-state index is -0.842. The lowest BCUT2D eigenvalue weighted by atomic mass is 10.3. The van der Waals surface area contributed by atoms with Gasteiger partial charge in [-0.2, -0.15) is 0 Å². The van der Waals surface area contributed by atoms with E-state index in [1.54, 1.807) is 0 Å². The molecular weight excluding hydrogens is 248 g/mol. The SMILES string of the molecule is Fc1ccc(NCCCOc2ccccc2)cc1F. The number of hydrogen-bond acceptors (Lipinski definition) is 2. The molecule has 19 heavy (non-hydrogen) atoms. The molecule has 0 aliphatic rings. The van der Waals surface area contributed by atoms with E-state index < -0.39 is 11.6 Å². The van der Waals surface area contributed by atoms with E-state index in [4.69, 9.17) is 4.74 Å². The van der Waals surface area contributed by atoms with Crippen LogP contribution >= 0.6 is 0 Å². The van der Waals surface area contributed by atoms with Crippen LogP contribution in [0.25, 0.3) is 0 Å². The highest BCUT2D eigenvalue weighted by Gasteiger charge is 2.01. The van der Waals surface area contributed by atoms with E-state index in [-0.39, 0.29) is 0 Å². The lowest BCUT2D eigenvalue weighted by Gasteiger charge is -2.08. The Hall–Kier alpha value is -2.10. The Bertz CT molecular complexity index is 517. The first kappa shape index (κ1) is 13.3. The zero-order valence-corrected chi connectivity index (χ0v) is 10.4. The Labute approximate surface area is 111 Å². The van der Waals surface area contributed by atoms with Crippen LogP contribution in [0.2, 0.25) is 0 Å². The molecule has 0 heterocycles. The Morgan fingerprint density at radius 1 is 0.947 bits per heavy atom. The van der Waals surface area contributed by atoms with Crippen LogP contribution in [0.3, 0.4) is 0 Å². The van der Waals surface area contributed by atoms with Crippen molar-refractivity contribution in [1.29, 1.82) is 0 Å². The van der Waals surface area contributed by atoms with Crippen molar-refractivity contribution in [3.63, 3.8) is 0 Å². The Kier molecular flexibility index (Phi) is 4.72. The van der Waals surface area contributed by atoms with Crippen LogP contribution in [-0.4, -0.2) is 13.2 Å². The second-order valence-electron chi connectivity index (χ2n) is 4.07. The van der Waals surface area contributed by atoms with Gasteiger partial charge in [-0.3, -0.25) is 0 Å². The van der Waals surface area contributed by atoms with Gasteiger partial charge in [0.05, 0.1) is 6.61 Å². The number of anilines is 1. The molecule has 0 fully saturated rings. The molecule has 0 unspecified atom stereocenters. The van der Waals surface area contributed by atoms with Gasteiger partial charge in [0.25, 0.3) is 0 Å². The molecule has 0 aromatic heterocycles. The number of nitrogens with one attached hydrogen (secondary N) is 1. The molecule has 2 aromatic rings. The molecule has 0 aliphatic carbocycles. The van der Waals surface area contributed by atoms with Gasteiger partial charge >= 0.3 is 0 Å². The number of halogens is 2. The van der Waals surface area contributed by atoms with Crippen LogP contribution in [0.1, 0.15) is 6.42 Å². The highest BCUT2D eigenvalue weighted by Crippen LogP contribution is 2.13. The molecule has 0 saturated carbocycles. The molecule has 100 valence electrons. The third-order valence-corrected chi connectivity index (χ3v) is 2.58. The second-order valence-corrected chi connectivity index (χ2v) is 4.07. The van der Waals surface area contributed by atoms with Crippen molar-refractivity contribution in [2.45, 2.75) is 6.42 Å². The molecule has 2 rings (SSSR count). The minimum Gasteiger partial charge on any atom is -0.494 e. The van der Waals surface area contributed by atoms with E-state index in [0.29, 0.717) is 18.8 Å². The number of benzene rings is 2. The average Bonchev–Trinajstić information content (AvgIpc) is 2.43. The van der Waals surface area contributed by atoms with Crippen molar-refractivity contribution in [3.05, 3.63) is 60.2 Å². The predicted molar refractivity (Wildman–Crippen MR) is 71.4 cm³/mol. The van der Waals surface area contributed by atoms with Crippen LogP contribution in [0, 0.1) is 11.6 Å². The molecule has 0 aliphatic heterocycles. The number of hydrogen-bond donors (Lipinski definition) is 1. The van der Waals surface area contributed by atoms with E-state index in [2.05, 4.69) is 5.32 Å². The van der Waals surface area contributed by atoms with Crippen LogP contribution < -0.4 is 10.1 Å². The maximum Gasteiger partial charge on any atom is 0.160 e. The lowest BCUT2D eigenvalue weighted by Crippen LogP contribution is -2.07. The first-order chi connectivity index (χ1) is 9.25. The summed E-state index contributed by atoms with van der Waals surface area (Å²) in [5.74, 6) is -0.848. The molecule has 4 heteroatoms. The maximum atomic E-state index is 12.9. The smallest absolute Gasteiger partial charge is 0.160 e. The van der Waals surface area contributed by atoms with E-state index in [9.17, 15) is 8.78 Å². The normalized spacial score (nSPS) is 10.2. The van der Waals surface area contributed by atoms with Gasteiger partial charge in [-0.15, -0.1) is 0 Å². The number of ether oxygens (including phenoxy) is 1. The summed E-state index contributed by atoms with van der Waals surface area (Å²) in [5.41, 5.74) is 0.568. The van der Waals surface area contributed by atoms with Gasteiger partial charge in [0, 0.05) is 12.2 Å². The summed E-state index contributed by atoms with van der Waals surface area (Å²) in [6.07, 6.45) is 0.772. The fourth-order valence-electron chi connectivity index (χ4n) is 1.62. The molecule has 0 amide bonds.